The van der Waals surface area contributed by atoms with E-state index < -0.39 is 6.10 Å². The summed E-state index contributed by atoms with van der Waals surface area (Å²) in [6.45, 7) is 0. The average Bonchev–Trinajstić information content (AvgIpc) is 2.67. The lowest BCUT2D eigenvalue weighted by Gasteiger charge is -2.17. The van der Waals surface area contributed by atoms with Gasteiger partial charge < -0.3 is 10.4 Å². The molecule has 1 aliphatic rings. The van der Waals surface area contributed by atoms with E-state index in [0.717, 1.165) is 23.3 Å². The number of hydrogen-bond acceptors (Lipinski definition) is 3. The zero-order valence-corrected chi connectivity index (χ0v) is 11.4. The van der Waals surface area contributed by atoms with E-state index in [1.165, 1.54) is 0 Å². The van der Waals surface area contributed by atoms with Gasteiger partial charge in [0, 0.05) is 12.8 Å². The number of fused-ring (bicyclic) bond motifs is 1. The Kier molecular flexibility index (Phi) is 4.66. The minimum Gasteiger partial charge on any atom is -0.390 e. The van der Waals surface area contributed by atoms with Crippen molar-refractivity contribution in [3.63, 3.8) is 0 Å². The average molecular weight is 265 g/mol. The van der Waals surface area contributed by atoms with Crippen LogP contribution in [-0.2, 0) is 11.2 Å². The van der Waals surface area contributed by atoms with Crippen molar-refractivity contribution in [1.29, 1.82) is 0 Å². The number of nitrogens with one attached hydrogen (secondary N) is 1. The fourth-order valence-corrected chi connectivity index (χ4v) is 2.80. The quantitative estimate of drug-likeness (QED) is 0.800. The minimum atomic E-state index is -0.494. The molecule has 0 spiro atoms. The number of carbonyl (C=O) groups excluding carboxylic acids is 1. The molecule has 3 nitrogen and oxygen atoms in total. The Morgan fingerprint density at radius 1 is 1.50 bits per heavy atom. The fraction of sp³-hybridized carbons (Fsp3) is 0.500. The van der Waals surface area contributed by atoms with Gasteiger partial charge in [-0.3, -0.25) is 4.79 Å². The molecule has 0 aliphatic heterocycles. The van der Waals surface area contributed by atoms with Crippen molar-refractivity contribution in [3.8, 4) is 0 Å². The predicted molar refractivity (Wildman–Crippen MR) is 74.7 cm³/mol. The molecule has 2 N–H and O–H groups in total. The molecule has 1 aromatic carbocycles. The topological polar surface area (TPSA) is 49.3 Å². The van der Waals surface area contributed by atoms with Gasteiger partial charge in [-0.25, -0.2) is 0 Å². The molecule has 0 saturated carbocycles. The third kappa shape index (κ3) is 3.06. The first-order valence-corrected chi connectivity index (χ1v) is 7.66. The van der Waals surface area contributed by atoms with E-state index in [0.29, 0.717) is 12.8 Å². The van der Waals surface area contributed by atoms with Gasteiger partial charge in [0.05, 0.1) is 12.1 Å². The highest BCUT2D eigenvalue weighted by atomic mass is 32.2. The zero-order chi connectivity index (χ0) is 13.0. The molecule has 1 aliphatic carbocycles. The molecule has 2 rings (SSSR count). The van der Waals surface area contributed by atoms with Crippen LogP contribution in [0.1, 0.15) is 30.0 Å². The van der Waals surface area contributed by atoms with E-state index >= 15 is 0 Å². The van der Waals surface area contributed by atoms with Gasteiger partial charge in [0.15, 0.2) is 0 Å². The van der Waals surface area contributed by atoms with Crippen molar-refractivity contribution < 1.29 is 9.90 Å². The fourth-order valence-electron chi connectivity index (χ4n) is 2.37. The molecule has 4 heteroatoms. The normalized spacial score (nSPS) is 21.7. The maximum Gasteiger partial charge on any atom is 0.220 e. The molecule has 0 heterocycles. The van der Waals surface area contributed by atoms with Crippen molar-refractivity contribution in [2.45, 2.75) is 31.4 Å². The molecule has 1 aromatic rings. The van der Waals surface area contributed by atoms with E-state index in [9.17, 15) is 9.90 Å². The number of amides is 1. The molecule has 0 fully saturated rings. The van der Waals surface area contributed by atoms with Crippen molar-refractivity contribution in [3.05, 3.63) is 35.4 Å². The molecule has 0 saturated heterocycles. The molecule has 0 radical (unpaired) electrons. The number of rotatable bonds is 5. The molecule has 0 aromatic heterocycles. The summed E-state index contributed by atoms with van der Waals surface area (Å²) >= 11 is 1.75. The van der Waals surface area contributed by atoms with Gasteiger partial charge in [-0.15, -0.1) is 0 Å². The van der Waals surface area contributed by atoms with Crippen LogP contribution in [0, 0.1) is 0 Å². The first-order valence-electron chi connectivity index (χ1n) is 6.26. The highest BCUT2D eigenvalue weighted by molar-refractivity contribution is 7.98. The second-order valence-electron chi connectivity index (χ2n) is 4.61. The van der Waals surface area contributed by atoms with Crippen LogP contribution < -0.4 is 5.32 Å². The second-order valence-corrected chi connectivity index (χ2v) is 5.60. The van der Waals surface area contributed by atoms with E-state index in [2.05, 4.69) is 5.32 Å². The van der Waals surface area contributed by atoms with Gasteiger partial charge in [-0.2, -0.15) is 11.8 Å². The molecular weight excluding hydrogens is 246 g/mol. The minimum absolute atomic E-state index is 0.0322. The maximum absolute atomic E-state index is 11.8. The lowest BCUT2D eigenvalue weighted by Crippen LogP contribution is -2.33. The van der Waals surface area contributed by atoms with Crippen LogP contribution >= 0.6 is 11.8 Å². The van der Waals surface area contributed by atoms with Crippen LogP contribution in [0.2, 0.25) is 0 Å². The summed E-state index contributed by atoms with van der Waals surface area (Å²) in [5, 5.41) is 13.0. The summed E-state index contributed by atoms with van der Waals surface area (Å²) in [7, 11) is 0. The first kappa shape index (κ1) is 13.4. The van der Waals surface area contributed by atoms with Crippen LogP contribution in [0.15, 0.2) is 24.3 Å². The molecule has 0 bridgehead atoms. The Morgan fingerprint density at radius 2 is 2.28 bits per heavy atom. The van der Waals surface area contributed by atoms with Gasteiger partial charge in [-0.05, 0) is 29.6 Å². The summed E-state index contributed by atoms with van der Waals surface area (Å²) in [5.41, 5.74) is 2.20. The van der Waals surface area contributed by atoms with Crippen LogP contribution in [0.4, 0.5) is 0 Å². The van der Waals surface area contributed by atoms with Gasteiger partial charge >= 0.3 is 0 Å². The van der Waals surface area contributed by atoms with Crippen molar-refractivity contribution in [2.24, 2.45) is 0 Å². The summed E-state index contributed by atoms with van der Waals surface area (Å²) in [4.78, 5) is 11.8. The van der Waals surface area contributed by atoms with Crippen molar-refractivity contribution in [2.75, 3.05) is 12.0 Å². The molecule has 98 valence electrons. The van der Waals surface area contributed by atoms with Gasteiger partial charge in [0.25, 0.3) is 0 Å². The Bertz CT molecular complexity index is 422. The lowest BCUT2D eigenvalue weighted by atomic mass is 10.1. The number of benzene rings is 1. The van der Waals surface area contributed by atoms with E-state index in [4.69, 9.17) is 0 Å². The van der Waals surface area contributed by atoms with Crippen LogP contribution in [0.25, 0.3) is 0 Å². The van der Waals surface area contributed by atoms with E-state index in [1.54, 1.807) is 11.8 Å². The van der Waals surface area contributed by atoms with Gasteiger partial charge in [0.2, 0.25) is 5.91 Å². The number of hydrogen-bond donors (Lipinski definition) is 2. The number of aliphatic hydroxyl groups excluding tert-OH is 1. The summed E-state index contributed by atoms with van der Waals surface area (Å²) in [6.07, 6.45) is 3.59. The summed E-state index contributed by atoms with van der Waals surface area (Å²) in [6, 6.07) is 7.68. The summed E-state index contributed by atoms with van der Waals surface area (Å²) < 4.78 is 0. The molecule has 1 amide bonds. The Labute approximate surface area is 112 Å². The molecule has 18 heavy (non-hydrogen) atoms. The van der Waals surface area contributed by atoms with E-state index in [-0.39, 0.29) is 11.9 Å². The Hall–Kier alpha value is -1.00. The first-order chi connectivity index (χ1) is 8.72. The number of aliphatic hydroxyl groups is 1. The predicted octanol–water partition coefficient (Wildman–Crippen LogP) is 1.90. The standard InChI is InChI=1S/C14H19NO2S/c1-18-8-4-7-13(17)15-14-11-6-3-2-5-10(11)9-12(14)16/h2-3,5-6,12,14,16H,4,7-9H2,1H3,(H,15,17)/t12-,14+/m0/s1. The van der Waals surface area contributed by atoms with Gasteiger partial charge in [-0.1, -0.05) is 24.3 Å². The lowest BCUT2D eigenvalue weighted by molar-refractivity contribution is -0.122. The van der Waals surface area contributed by atoms with Crippen LogP contribution in [0.3, 0.4) is 0 Å². The third-order valence-corrected chi connectivity index (χ3v) is 3.97. The highest BCUT2D eigenvalue weighted by Gasteiger charge is 2.31. The maximum atomic E-state index is 11.8. The Balaban J connectivity index is 1.95. The van der Waals surface area contributed by atoms with E-state index in [1.807, 2.05) is 30.5 Å². The largest absolute Gasteiger partial charge is 0.390 e. The Morgan fingerprint density at radius 3 is 3.06 bits per heavy atom. The molecule has 0 unspecified atom stereocenters. The van der Waals surface area contributed by atoms with Crippen molar-refractivity contribution in [1.82, 2.24) is 5.32 Å². The van der Waals surface area contributed by atoms with Crippen molar-refractivity contribution >= 4 is 17.7 Å². The van der Waals surface area contributed by atoms with Crippen LogP contribution in [0.5, 0.6) is 0 Å². The second kappa shape index (κ2) is 6.25. The highest BCUT2D eigenvalue weighted by Crippen LogP contribution is 2.31. The molecular formula is C14H19NO2S. The zero-order valence-electron chi connectivity index (χ0n) is 10.6. The summed E-state index contributed by atoms with van der Waals surface area (Å²) in [5.74, 6) is 1.03. The molecule has 2 atom stereocenters. The number of carbonyl (C=O) groups is 1. The smallest absolute Gasteiger partial charge is 0.220 e. The van der Waals surface area contributed by atoms with Crippen LogP contribution in [-0.4, -0.2) is 29.1 Å². The number of thioether (sulfide) groups is 1. The van der Waals surface area contributed by atoms with Gasteiger partial charge in [0.1, 0.15) is 0 Å². The third-order valence-electron chi connectivity index (χ3n) is 3.27. The SMILES string of the molecule is CSCCCC(=O)N[C@@H]1c2ccccc2C[C@@H]1O. The monoisotopic (exact) mass is 265 g/mol.